The monoisotopic (exact) mass is 291 g/mol. The van der Waals surface area contributed by atoms with Gasteiger partial charge >= 0.3 is 0 Å². The maximum atomic E-state index is 5.36. The Morgan fingerprint density at radius 2 is 1.90 bits per heavy atom. The van der Waals surface area contributed by atoms with Gasteiger partial charge in [-0.3, -0.25) is 5.10 Å². The molecule has 0 fully saturated rings. The molecule has 1 heterocycles. The SMILES string of the molecule is COCCNc1n[nH]c(C)c1-c1ccc(OC)c(OC)c1. The first kappa shape index (κ1) is 15.2. The van der Waals surface area contributed by atoms with Crippen molar-refractivity contribution < 1.29 is 14.2 Å². The average Bonchev–Trinajstić information content (AvgIpc) is 2.87. The molecule has 0 unspecified atom stereocenters. The molecule has 0 saturated carbocycles. The van der Waals surface area contributed by atoms with Crippen molar-refractivity contribution in [2.45, 2.75) is 6.92 Å². The Bertz CT molecular complexity index is 596. The van der Waals surface area contributed by atoms with Gasteiger partial charge in [-0.15, -0.1) is 0 Å². The first-order valence-electron chi connectivity index (χ1n) is 6.71. The van der Waals surface area contributed by atoms with Crippen molar-refractivity contribution in [3.05, 3.63) is 23.9 Å². The highest BCUT2D eigenvalue weighted by molar-refractivity contribution is 5.79. The highest BCUT2D eigenvalue weighted by Gasteiger charge is 2.14. The van der Waals surface area contributed by atoms with E-state index in [1.54, 1.807) is 21.3 Å². The number of H-pyrrole nitrogens is 1. The topological polar surface area (TPSA) is 68.4 Å². The lowest BCUT2D eigenvalue weighted by atomic mass is 10.0. The Hall–Kier alpha value is -2.21. The Morgan fingerprint density at radius 3 is 2.57 bits per heavy atom. The van der Waals surface area contributed by atoms with Crippen molar-refractivity contribution in [1.82, 2.24) is 10.2 Å². The molecule has 0 atom stereocenters. The van der Waals surface area contributed by atoms with Crippen LogP contribution in [-0.2, 0) is 4.74 Å². The molecule has 6 nitrogen and oxygen atoms in total. The first-order valence-corrected chi connectivity index (χ1v) is 6.71. The molecule has 0 aliphatic carbocycles. The van der Waals surface area contributed by atoms with Gasteiger partial charge in [-0.25, -0.2) is 0 Å². The van der Waals surface area contributed by atoms with Crippen LogP contribution in [0.25, 0.3) is 11.1 Å². The van der Waals surface area contributed by atoms with Gasteiger partial charge in [0.15, 0.2) is 17.3 Å². The van der Waals surface area contributed by atoms with Crippen LogP contribution in [0.1, 0.15) is 5.69 Å². The molecule has 0 aliphatic heterocycles. The number of nitrogens with one attached hydrogen (secondary N) is 2. The summed E-state index contributed by atoms with van der Waals surface area (Å²) in [7, 11) is 4.92. The largest absolute Gasteiger partial charge is 0.493 e. The number of methoxy groups -OCH3 is 3. The molecule has 2 aromatic rings. The quantitative estimate of drug-likeness (QED) is 0.767. The third kappa shape index (κ3) is 3.28. The maximum absolute atomic E-state index is 5.36. The second-order valence-corrected chi connectivity index (χ2v) is 4.56. The zero-order chi connectivity index (χ0) is 15.2. The van der Waals surface area contributed by atoms with E-state index in [0.29, 0.717) is 24.7 Å². The fourth-order valence-corrected chi connectivity index (χ4v) is 2.17. The lowest BCUT2D eigenvalue weighted by molar-refractivity contribution is 0.210. The van der Waals surface area contributed by atoms with Crippen LogP contribution in [0.2, 0.25) is 0 Å². The van der Waals surface area contributed by atoms with Gasteiger partial charge in [-0.1, -0.05) is 6.07 Å². The predicted molar refractivity (Wildman–Crippen MR) is 82.2 cm³/mol. The van der Waals surface area contributed by atoms with Gasteiger partial charge in [0, 0.05) is 24.9 Å². The molecule has 2 rings (SSSR count). The van der Waals surface area contributed by atoms with E-state index in [1.807, 2.05) is 25.1 Å². The fraction of sp³-hybridized carbons (Fsp3) is 0.400. The number of nitrogens with zero attached hydrogens (tertiary/aromatic N) is 1. The van der Waals surface area contributed by atoms with Crippen molar-refractivity contribution in [3.8, 4) is 22.6 Å². The van der Waals surface area contributed by atoms with Crippen LogP contribution in [0.4, 0.5) is 5.82 Å². The van der Waals surface area contributed by atoms with E-state index in [1.165, 1.54) is 0 Å². The van der Waals surface area contributed by atoms with E-state index in [9.17, 15) is 0 Å². The lowest BCUT2D eigenvalue weighted by Crippen LogP contribution is -2.08. The van der Waals surface area contributed by atoms with Crippen LogP contribution in [0.15, 0.2) is 18.2 Å². The standard InChI is InChI=1S/C15H21N3O3/c1-10-14(15(18-17-10)16-7-8-19-2)11-5-6-12(20-3)13(9-11)21-4/h5-6,9H,7-8H2,1-4H3,(H2,16,17,18). The molecule has 6 heteroatoms. The lowest BCUT2D eigenvalue weighted by Gasteiger charge is -2.11. The molecule has 0 aliphatic rings. The zero-order valence-corrected chi connectivity index (χ0v) is 12.8. The molecule has 0 radical (unpaired) electrons. The highest BCUT2D eigenvalue weighted by Crippen LogP contribution is 2.36. The molecule has 0 saturated heterocycles. The van der Waals surface area contributed by atoms with E-state index < -0.39 is 0 Å². The number of hydrogen-bond donors (Lipinski definition) is 2. The number of aryl methyl sites for hydroxylation is 1. The van der Waals surface area contributed by atoms with Crippen LogP contribution >= 0.6 is 0 Å². The normalized spacial score (nSPS) is 10.5. The Labute approximate surface area is 124 Å². The van der Waals surface area contributed by atoms with E-state index in [-0.39, 0.29) is 0 Å². The second kappa shape index (κ2) is 6.99. The summed E-state index contributed by atoms with van der Waals surface area (Å²) < 4.78 is 15.7. The van der Waals surface area contributed by atoms with Crippen molar-refractivity contribution in [1.29, 1.82) is 0 Å². The van der Waals surface area contributed by atoms with Crippen molar-refractivity contribution in [2.75, 3.05) is 39.8 Å². The summed E-state index contributed by atoms with van der Waals surface area (Å²) in [6.45, 7) is 3.30. The van der Waals surface area contributed by atoms with Crippen LogP contribution in [-0.4, -0.2) is 44.7 Å². The molecular weight excluding hydrogens is 270 g/mol. The summed E-state index contributed by atoms with van der Waals surface area (Å²) in [5.41, 5.74) is 3.02. The van der Waals surface area contributed by atoms with Crippen LogP contribution in [0.3, 0.4) is 0 Å². The zero-order valence-electron chi connectivity index (χ0n) is 12.8. The van der Waals surface area contributed by atoms with Gasteiger partial charge in [0.1, 0.15) is 0 Å². The number of hydrogen-bond acceptors (Lipinski definition) is 5. The summed E-state index contributed by atoms with van der Waals surface area (Å²) in [5, 5.41) is 10.6. The summed E-state index contributed by atoms with van der Waals surface area (Å²) in [4.78, 5) is 0. The van der Waals surface area contributed by atoms with E-state index in [2.05, 4.69) is 15.5 Å². The van der Waals surface area contributed by atoms with Crippen LogP contribution in [0.5, 0.6) is 11.5 Å². The molecule has 0 bridgehead atoms. The van der Waals surface area contributed by atoms with Crippen molar-refractivity contribution in [3.63, 3.8) is 0 Å². The minimum atomic E-state index is 0.622. The molecule has 0 amide bonds. The molecular formula is C15H21N3O3. The van der Waals surface area contributed by atoms with Crippen molar-refractivity contribution >= 4 is 5.82 Å². The van der Waals surface area contributed by atoms with E-state index >= 15 is 0 Å². The molecule has 1 aromatic carbocycles. The predicted octanol–water partition coefficient (Wildman–Crippen LogP) is 2.46. The summed E-state index contributed by atoms with van der Waals surface area (Å²) in [6, 6.07) is 5.82. The van der Waals surface area contributed by atoms with Gasteiger partial charge in [0.2, 0.25) is 0 Å². The molecule has 21 heavy (non-hydrogen) atoms. The summed E-state index contributed by atoms with van der Waals surface area (Å²) in [6.07, 6.45) is 0. The first-order chi connectivity index (χ1) is 10.2. The van der Waals surface area contributed by atoms with Gasteiger partial charge in [-0.2, -0.15) is 5.10 Å². The summed E-state index contributed by atoms with van der Waals surface area (Å²) in [5.74, 6) is 2.20. The molecule has 114 valence electrons. The van der Waals surface area contributed by atoms with Gasteiger partial charge < -0.3 is 19.5 Å². The van der Waals surface area contributed by atoms with Crippen LogP contribution < -0.4 is 14.8 Å². The van der Waals surface area contributed by atoms with E-state index in [0.717, 1.165) is 22.6 Å². The number of rotatable bonds is 7. The third-order valence-electron chi connectivity index (χ3n) is 3.22. The molecule has 2 N–H and O–H groups in total. The second-order valence-electron chi connectivity index (χ2n) is 4.56. The van der Waals surface area contributed by atoms with Gasteiger partial charge in [-0.05, 0) is 24.6 Å². The average molecular weight is 291 g/mol. The minimum absolute atomic E-state index is 0.622. The Balaban J connectivity index is 2.34. The number of aromatic nitrogens is 2. The van der Waals surface area contributed by atoms with Crippen molar-refractivity contribution in [2.24, 2.45) is 0 Å². The molecule has 0 spiro atoms. The number of aromatic amines is 1. The Kier molecular flexibility index (Phi) is 5.05. The Morgan fingerprint density at radius 1 is 1.14 bits per heavy atom. The highest BCUT2D eigenvalue weighted by atomic mass is 16.5. The van der Waals surface area contributed by atoms with E-state index in [4.69, 9.17) is 14.2 Å². The fourth-order valence-electron chi connectivity index (χ4n) is 2.17. The van der Waals surface area contributed by atoms with Crippen LogP contribution in [0, 0.1) is 6.92 Å². The third-order valence-corrected chi connectivity index (χ3v) is 3.22. The van der Waals surface area contributed by atoms with Gasteiger partial charge in [0.05, 0.1) is 20.8 Å². The number of ether oxygens (including phenoxy) is 3. The maximum Gasteiger partial charge on any atom is 0.161 e. The smallest absolute Gasteiger partial charge is 0.161 e. The molecule has 1 aromatic heterocycles. The summed E-state index contributed by atoms with van der Waals surface area (Å²) >= 11 is 0. The number of anilines is 1. The van der Waals surface area contributed by atoms with Gasteiger partial charge in [0.25, 0.3) is 0 Å². The minimum Gasteiger partial charge on any atom is -0.493 e. The number of benzene rings is 1.